The first-order valence-electron chi connectivity index (χ1n) is 7.97. The fourth-order valence-electron chi connectivity index (χ4n) is 3.89. The molecule has 3 aliphatic carbocycles. The lowest BCUT2D eigenvalue weighted by Crippen LogP contribution is -2.43. The van der Waals surface area contributed by atoms with E-state index in [9.17, 15) is 0 Å². The summed E-state index contributed by atoms with van der Waals surface area (Å²) in [6.45, 7) is 0. The van der Waals surface area contributed by atoms with Gasteiger partial charge in [-0.15, -0.1) is 0 Å². The lowest BCUT2D eigenvalue weighted by atomic mass is 9.57. The molecule has 0 aromatic heterocycles. The molecule has 4 rings (SSSR count). The van der Waals surface area contributed by atoms with E-state index in [1.807, 2.05) is 7.11 Å². The van der Waals surface area contributed by atoms with Crippen LogP contribution in [0.3, 0.4) is 0 Å². The highest BCUT2D eigenvalue weighted by Crippen LogP contribution is 2.51. The molecule has 0 atom stereocenters. The van der Waals surface area contributed by atoms with Gasteiger partial charge in [0.15, 0.2) is 0 Å². The monoisotopic (exact) mass is 266 g/mol. The molecule has 0 bridgehead atoms. The van der Waals surface area contributed by atoms with Gasteiger partial charge in [0, 0.05) is 18.6 Å². The molecule has 20 heavy (non-hydrogen) atoms. The van der Waals surface area contributed by atoms with E-state index in [4.69, 9.17) is 4.74 Å². The van der Waals surface area contributed by atoms with Gasteiger partial charge in [-0.1, -0.05) is 17.9 Å². The Morgan fingerprint density at radius 3 is 2.65 bits per heavy atom. The predicted octanol–water partition coefficient (Wildman–Crippen LogP) is 3.83. The highest BCUT2D eigenvalue weighted by Gasteiger charge is 2.44. The third-order valence-electron chi connectivity index (χ3n) is 5.43. The van der Waals surface area contributed by atoms with Crippen molar-refractivity contribution in [3.05, 3.63) is 34.9 Å². The van der Waals surface area contributed by atoms with E-state index < -0.39 is 0 Å². The first-order valence-corrected chi connectivity index (χ1v) is 7.97. The number of hydrogen-bond donors (Lipinski definition) is 0. The zero-order valence-corrected chi connectivity index (χ0v) is 12.2. The number of hydrogen-bond acceptors (Lipinski definition) is 1. The van der Waals surface area contributed by atoms with Crippen molar-refractivity contribution < 1.29 is 4.74 Å². The maximum absolute atomic E-state index is 5.51. The van der Waals surface area contributed by atoms with Crippen molar-refractivity contribution in [3.8, 4) is 11.8 Å². The van der Waals surface area contributed by atoms with Gasteiger partial charge in [0.2, 0.25) is 0 Å². The Labute approximate surface area is 121 Å². The number of benzene rings is 1. The average Bonchev–Trinajstić information content (AvgIpc) is 3.30. The summed E-state index contributed by atoms with van der Waals surface area (Å²) >= 11 is 0. The fourth-order valence-corrected chi connectivity index (χ4v) is 3.89. The lowest BCUT2D eigenvalue weighted by molar-refractivity contribution is 0.0433. The second kappa shape index (κ2) is 4.64. The van der Waals surface area contributed by atoms with Gasteiger partial charge in [0.25, 0.3) is 0 Å². The van der Waals surface area contributed by atoms with E-state index in [-0.39, 0.29) is 0 Å². The van der Waals surface area contributed by atoms with Crippen LogP contribution in [0.2, 0.25) is 0 Å². The highest BCUT2D eigenvalue weighted by atomic mass is 16.5. The zero-order valence-electron chi connectivity index (χ0n) is 12.2. The SMILES string of the molecule is CO[C@H]1CC[C@]2(CC1)Cc1ccc(C#CC3CC3)cc12. The third kappa shape index (κ3) is 2.07. The molecule has 1 aromatic rings. The van der Waals surface area contributed by atoms with Crippen molar-refractivity contribution in [2.45, 2.75) is 56.5 Å². The summed E-state index contributed by atoms with van der Waals surface area (Å²) in [5, 5.41) is 0. The maximum atomic E-state index is 5.51. The van der Waals surface area contributed by atoms with Crippen LogP contribution in [0.25, 0.3) is 0 Å². The fraction of sp³-hybridized carbons (Fsp3) is 0.579. The molecule has 0 aliphatic heterocycles. The number of methoxy groups -OCH3 is 1. The molecule has 1 aromatic carbocycles. The van der Waals surface area contributed by atoms with Crippen molar-refractivity contribution in [2.24, 2.45) is 5.92 Å². The molecule has 2 saturated carbocycles. The van der Waals surface area contributed by atoms with Crippen molar-refractivity contribution in [1.29, 1.82) is 0 Å². The first kappa shape index (κ1) is 12.5. The van der Waals surface area contributed by atoms with Crippen LogP contribution in [-0.2, 0) is 16.6 Å². The topological polar surface area (TPSA) is 9.23 Å². The lowest BCUT2D eigenvalue weighted by Gasteiger charge is -2.48. The zero-order chi connectivity index (χ0) is 13.6. The molecule has 0 unspecified atom stereocenters. The van der Waals surface area contributed by atoms with Gasteiger partial charge >= 0.3 is 0 Å². The van der Waals surface area contributed by atoms with Crippen LogP contribution >= 0.6 is 0 Å². The van der Waals surface area contributed by atoms with Crippen LogP contribution in [0, 0.1) is 17.8 Å². The van der Waals surface area contributed by atoms with Crippen LogP contribution < -0.4 is 0 Å². The molecule has 0 heterocycles. The molecule has 1 nitrogen and oxygen atoms in total. The summed E-state index contributed by atoms with van der Waals surface area (Å²) in [5.74, 6) is 7.44. The number of ether oxygens (including phenoxy) is 1. The second-order valence-corrected chi connectivity index (χ2v) is 6.81. The quantitative estimate of drug-likeness (QED) is 0.702. The summed E-state index contributed by atoms with van der Waals surface area (Å²) in [4.78, 5) is 0. The Morgan fingerprint density at radius 2 is 1.95 bits per heavy atom. The molecule has 0 N–H and O–H groups in total. The van der Waals surface area contributed by atoms with Crippen molar-refractivity contribution in [2.75, 3.05) is 7.11 Å². The van der Waals surface area contributed by atoms with E-state index in [1.165, 1.54) is 50.5 Å². The molecule has 1 spiro atoms. The second-order valence-electron chi connectivity index (χ2n) is 6.81. The largest absolute Gasteiger partial charge is 0.381 e. The van der Waals surface area contributed by atoms with Gasteiger partial charge in [-0.3, -0.25) is 0 Å². The van der Waals surface area contributed by atoms with Crippen molar-refractivity contribution >= 4 is 0 Å². The molecule has 3 aliphatic rings. The Hall–Kier alpha value is -1.26. The van der Waals surface area contributed by atoms with Gasteiger partial charge < -0.3 is 4.74 Å². The third-order valence-corrected chi connectivity index (χ3v) is 5.43. The summed E-state index contributed by atoms with van der Waals surface area (Å²) in [5.41, 5.74) is 4.83. The Kier molecular flexibility index (Phi) is 2.89. The molecule has 2 fully saturated rings. The minimum atomic E-state index is 0.460. The molecule has 0 amide bonds. The smallest absolute Gasteiger partial charge is 0.0572 e. The molecule has 104 valence electrons. The predicted molar refractivity (Wildman–Crippen MR) is 80.7 cm³/mol. The molecular formula is C19H22O. The van der Waals surface area contributed by atoms with Gasteiger partial charge in [0.1, 0.15) is 0 Å². The van der Waals surface area contributed by atoms with Gasteiger partial charge in [-0.2, -0.15) is 0 Å². The van der Waals surface area contributed by atoms with Crippen LogP contribution in [0.1, 0.15) is 55.2 Å². The van der Waals surface area contributed by atoms with Crippen molar-refractivity contribution in [1.82, 2.24) is 0 Å². The standard InChI is InChI=1S/C19H22O/c1-20-17-8-10-19(11-9-17)13-16-7-6-15(12-18(16)19)5-4-14-2-3-14/h6-7,12,14,17H,2-3,8-11,13H2,1H3/t17-,19-. The molecule has 0 saturated heterocycles. The Morgan fingerprint density at radius 1 is 1.15 bits per heavy atom. The summed E-state index contributed by atoms with van der Waals surface area (Å²) in [6.07, 6.45) is 9.38. The van der Waals surface area contributed by atoms with Crippen molar-refractivity contribution in [3.63, 3.8) is 0 Å². The van der Waals surface area contributed by atoms with E-state index in [2.05, 4.69) is 30.0 Å². The van der Waals surface area contributed by atoms with E-state index in [0.717, 1.165) is 0 Å². The van der Waals surface area contributed by atoms with Crippen LogP contribution in [0.15, 0.2) is 18.2 Å². The van der Waals surface area contributed by atoms with Crippen LogP contribution in [0.5, 0.6) is 0 Å². The summed E-state index contributed by atoms with van der Waals surface area (Å²) in [7, 11) is 1.85. The first-order chi connectivity index (χ1) is 9.79. The highest BCUT2D eigenvalue weighted by molar-refractivity contribution is 5.51. The van der Waals surface area contributed by atoms with Gasteiger partial charge in [0.05, 0.1) is 6.10 Å². The number of fused-ring (bicyclic) bond motifs is 2. The van der Waals surface area contributed by atoms with Crippen LogP contribution in [0.4, 0.5) is 0 Å². The van der Waals surface area contributed by atoms with Gasteiger partial charge in [-0.25, -0.2) is 0 Å². The minimum absolute atomic E-state index is 0.460. The number of rotatable bonds is 1. The maximum Gasteiger partial charge on any atom is 0.0572 e. The molecule has 1 heteroatoms. The van der Waals surface area contributed by atoms with Crippen LogP contribution in [-0.4, -0.2) is 13.2 Å². The average molecular weight is 266 g/mol. The van der Waals surface area contributed by atoms with E-state index >= 15 is 0 Å². The summed E-state index contributed by atoms with van der Waals surface area (Å²) in [6, 6.07) is 6.89. The Balaban J connectivity index is 1.56. The Bertz CT molecular complexity index is 578. The van der Waals surface area contributed by atoms with E-state index in [1.54, 1.807) is 11.1 Å². The minimum Gasteiger partial charge on any atom is -0.381 e. The normalized spacial score (nSPS) is 31.1. The molecular weight excluding hydrogens is 244 g/mol. The van der Waals surface area contributed by atoms with E-state index in [0.29, 0.717) is 17.4 Å². The molecule has 0 radical (unpaired) electrons. The summed E-state index contributed by atoms with van der Waals surface area (Å²) < 4.78 is 5.51. The van der Waals surface area contributed by atoms with Gasteiger partial charge in [-0.05, 0) is 73.6 Å².